The van der Waals surface area contributed by atoms with Crippen molar-refractivity contribution in [1.82, 2.24) is 35.2 Å². The number of hydrogen-bond acceptors (Lipinski definition) is 12. The zero-order valence-corrected chi connectivity index (χ0v) is 40.3. The Morgan fingerprint density at radius 2 is 1.63 bits per heavy atom. The van der Waals surface area contributed by atoms with E-state index in [4.69, 9.17) is 35.5 Å². The van der Waals surface area contributed by atoms with Gasteiger partial charge < -0.3 is 34.5 Å². The molecule has 5 heterocycles. The number of carbonyl (C=O) groups is 2. The van der Waals surface area contributed by atoms with Crippen LogP contribution in [0.3, 0.4) is 0 Å². The molecule has 71 heavy (non-hydrogen) atoms. The van der Waals surface area contributed by atoms with E-state index in [9.17, 15) is 22.4 Å². The van der Waals surface area contributed by atoms with Gasteiger partial charge in [-0.05, 0) is 104 Å². The molecule has 1 aliphatic rings. The Morgan fingerprint density at radius 3 is 2.38 bits per heavy atom. The number of benzene rings is 4. The van der Waals surface area contributed by atoms with Crippen molar-refractivity contribution < 1.29 is 40.7 Å². The molecule has 10 rings (SSSR count). The molecule has 1 amide bonds. The fourth-order valence-corrected chi connectivity index (χ4v) is 9.65. The lowest BCUT2D eigenvalue weighted by Gasteiger charge is -2.16. The van der Waals surface area contributed by atoms with Gasteiger partial charge in [-0.2, -0.15) is 9.97 Å². The molecular formula is C51H46ClF2N9O7S. The van der Waals surface area contributed by atoms with Crippen LogP contribution in [0.25, 0.3) is 55.4 Å². The van der Waals surface area contributed by atoms with Gasteiger partial charge in [-0.25, -0.2) is 27.2 Å². The normalized spacial score (nSPS) is 12.8. The molecule has 5 N–H and O–H groups in total. The molecule has 0 bridgehead atoms. The third-order valence-electron chi connectivity index (χ3n) is 11.8. The lowest BCUT2D eigenvalue weighted by molar-refractivity contribution is 0.0961. The van der Waals surface area contributed by atoms with Crippen molar-refractivity contribution in [3.63, 3.8) is 0 Å². The Bertz CT molecular complexity index is 3590. The molecule has 1 aliphatic carbocycles. The van der Waals surface area contributed by atoms with E-state index in [2.05, 4.69) is 35.3 Å². The van der Waals surface area contributed by atoms with Gasteiger partial charge in [0.15, 0.2) is 17.3 Å². The number of hydrogen-bond donors (Lipinski definition) is 5. The predicted molar refractivity (Wildman–Crippen MR) is 268 cm³/mol. The van der Waals surface area contributed by atoms with E-state index >= 15 is 4.39 Å². The minimum absolute atomic E-state index is 0.000297. The summed E-state index contributed by atoms with van der Waals surface area (Å²) in [5.41, 5.74) is 5.64. The van der Waals surface area contributed by atoms with Gasteiger partial charge in [0, 0.05) is 65.2 Å². The SMILES string of the molecule is CCCS(=O)(=O)Nc1ccc(F)c(C(=O)c2c[nH]c3ncc(-c4ccc(Cl)cc4)cc23)c1F.CNC(=O)c1ccc(Nc2nc(OC3CCCC3)c3c(-c4ccc5nc(C)oc5c4)c[nH]c3n2)c(OC)c1. The first-order valence-electron chi connectivity index (χ1n) is 22.6. The quantitative estimate of drug-likeness (QED) is 0.0643. The van der Waals surface area contributed by atoms with Crippen molar-refractivity contribution in [3.05, 3.63) is 137 Å². The van der Waals surface area contributed by atoms with Crippen LogP contribution in [0.5, 0.6) is 11.6 Å². The topological polar surface area (TPSA) is 219 Å². The maximum absolute atomic E-state index is 15.1. The minimum atomic E-state index is -3.84. The van der Waals surface area contributed by atoms with E-state index in [1.807, 2.05) is 31.3 Å². The Balaban J connectivity index is 0.000000178. The number of methoxy groups -OCH3 is 1. The standard InChI is InChI=1S/C28H28N6O4.C23H18ClF2N3O3S/c1-15-31-21-10-8-16(12-23(21)37-15)19-14-30-25-24(19)27(38-18-6-4-5-7-18)34-28(33-25)32-20-11-9-17(26(35)29-2)13-22(20)36-3;1-2-9-33(31,32)29-19-8-7-18(25)20(21(19)26)22(30)17-12-28-23-16(17)10-14(11-27-23)13-3-5-15(24)6-4-13/h8-14,18H,4-7H2,1-3H3,(H,29,35)(H2,30,32,33,34);3-8,10-12,29H,2,9H2,1H3,(H,27,28). The summed E-state index contributed by atoms with van der Waals surface area (Å²) in [4.78, 5) is 49.6. The van der Waals surface area contributed by atoms with Crippen molar-refractivity contribution in [2.75, 3.05) is 29.9 Å². The van der Waals surface area contributed by atoms with Crippen molar-refractivity contribution in [3.8, 4) is 33.9 Å². The minimum Gasteiger partial charge on any atom is -0.495 e. The number of fused-ring (bicyclic) bond motifs is 3. The first-order chi connectivity index (χ1) is 34.2. The summed E-state index contributed by atoms with van der Waals surface area (Å²) < 4.78 is 73.6. The fourth-order valence-electron chi connectivity index (χ4n) is 8.39. The van der Waals surface area contributed by atoms with Crippen molar-refractivity contribution >= 4 is 83.8 Å². The number of carbonyl (C=O) groups excluding carboxylic acids is 2. The number of sulfonamides is 1. The molecule has 5 aromatic heterocycles. The number of aryl methyl sites for hydroxylation is 1. The molecule has 0 saturated heterocycles. The third kappa shape index (κ3) is 10.2. The van der Waals surface area contributed by atoms with Crippen LogP contribution in [0.15, 0.2) is 102 Å². The Kier molecular flexibility index (Phi) is 13.7. The summed E-state index contributed by atoms with van der Waals surface area (Å²) in [7, 11) is -0.699. The number of nitrogens with zero attached hydrogens (tertiary/aromatic N) is 4. The van der Waals surface area contributed by atoms with Gasteiger partial charge in [-0.3, -0.25) is 14.3 Å². The summed E-state index contributed by atoms with van der Waals surface area (Å²) in [5, 5.41) is 7.59. The van der Waals surface area contributed by atoms with Gasteiger partial charge in [0.2, 0.25) is 27.6 Å². The number of H-pyrrole nitrogens is 2. The number of pyridine rings is 1. The molecule has 364 valence electrons. The largest absolute Gasteiger partial charge is 0.495 e. The van der Waals surface area contributed by atoms with Crippen LogP contribution in [-0.2, 0) is 10.0 Å². The Morgan fingerprint density at radius 1 is 0.887 bits per heavy atom. The Hall–Kier alpha value is -7.90. The molecule has 0 radical (unpaired) electrons. The van der Waals surface area contributed by atoms with Gasteiger partial charge in [0.1, 0.15) is 34.5 Å². The van der Waals surface area contributed by atoms with Crippen LogP contribution >= 0.6 is 11.6 Å². The molecule has 0 spiro atoms. The summed E-state index contributed by atoms with van der Waals surface area (Å²) in [6, 6.07) is 21.5. The maximum atomic E-state index is 15.1. The smallest absolute Gasteiger partial charge is 0.251 e. The zero-order chi connectivity index (χ0) is 50.0. The molecule has 9 aromatic rings. The molecule has 1 saturated carbocycles. The van der Waals surface area contributed by atoms with Crippen LogP contribution in [-0.4, -0.2) is 76.0 Å². The van der Waals surface area contributed by atoms with Crippen LogP contribution in [0.4, 0.5) is 26.1 Å². The summed E-state index contributed by atoms with van der Waals surface area (Å²) in [6.07, 6.45) is 9.50. The highest BCUT2D eigenvalue weighted by atomic mass is 35.5. The van der Waals surface area contributed by atoms with E-state index in [1.165, 1.54) is 6.20 Å². The summed E-state index contributed by atoms with van der Waals surface area (Å²) >= 11 is 5.93. The third-order valence-corrected chi connectivity index (χ3v) is 13.6. The molecule has 0 aliphatic heterocycles. The second-order valence-corrected chi connectivity index (χ2v) is 19.0. The number of rotatable bonds is 14. The number of aromatic amines is 2. The average Bonchev–Trinajstić information content (AvgIpc) is 4.19. The van der Waals surface area contributed by atoms with Gasteiger partial charge >= 0.3 is 0 Å². The monoisotopic (exact) mass is 1000 g/mol. The molecular weight excluding hydrogens is 956 g/mol. The number of ether oxygens (including phenoxy) is 2. The van der Waals surface area contributed by atoms with Gasteiger partial charge in [-0.15, -0.1) is 0 Å². The first kappa shape index (κ1) is 48.1. The molecule has 20 heteroatoms. The number of halogens is 3. The second-order valence-electron chi connectivity index (χ2n) is 16.7. The molecule has 1 fully saturated rings. The lowest BCUT2D eigenvalue weighted by atomic mass is 10.00. The summed E-state index contributed by atoms with van der Waals surface area (Å²) in [6.45, 7) is 3.49. The predicted octanol–water partition coefficient (Wildman–Crippen LogP) is 11.1. The molecule has 4 aromatic carbocycles. The number of aromatic nitrogens is 6. The van der Waals surface area contributed by atoms with E-state index in [0.717, 1.165) is 71.0 Å². The van der Waals surface area contributed by atoms with Gasteiger partial charge in [0.25, 0.3) is 5.91 Å². The number of anilines is 3. The van der Waals surface area contributed by atoms with Crippen LogP contribution in [0.2, 0.25) is 5.02 Å². The zero-order valence-electron chi connectivity index (χ0n) is 38.7. The summed E-state index contributed by atoms with van der Waals surface area (Å²) in [5.74, 6) is -1.78. The van der Waals surface area contributed by atoms with E-state index in [0.29, 0.717) is 68.4 Å². The highest BCUT2D eigenvalue weighted by Crippen LogP contribution is 2.39. The number of ketones is 1. The molecule has 0 atom stereocenters. The fraction of sp³-hybridized carbons (Fsp3) is 0.216. The number of nitrogens with one attached hydrogen (secondary N) is 5. The first-order valence-corrected chi connectivity index (χ1v) is 24.6. The molecule has 16 nitrogen and oxygen atoms in total. The average molecular weight is 1000 g/mol. The highest BCUT2D eigenvalue weighted by molar-refractivity contribution is 7.92. The van der Waals surface area contributed by atoms with E-state index in [1.54, 1.807) is 75.8 Å². The van der Waals surface area contributed by atoms with E-state index < -0.39 is 38.7 Å². The van der Waals surface area contributed by atoms with Crippen molar-refractivity contribution in [2.45, 2.75) is 52.1 Å². The van der Waals surface area contributed by atoms with Crippen LogP contribution in [0, 0.1) is 18.6 Å². The van der Waals surface area contributed by atoms with Gasteiger partial charge in [0.05, 0.1) is 35.2 Å². The molecule has 0 unspecified atom stereocenters. The van der Waals surface area contributed by atoms with E-state index in [-0.39, 0.29) is 23.3 Å². The van der Waals surface area contributed by atoms with Crippen molar-refractivity contribution in [1.29, 1.82) is 0 Å². The second kappa shape index (κ2) is 20.2. The number of oxazole rings is 1. The van der Waals surface area contributed by atoms with Crippen LogP contribution in [0.1, 0.15) is 71.2 Å². The van der Waals surface area contributed by atoms with Gasteiger partial charge in [-0.1, -0.05) is 36.7 Å². The Labute approximate surface area is 410 Å². The van der Waals surface area contributed by atoms with Crippen molar-refractivity contribution in [2.24, 2.45) is 0 Å². The maximum Gasteiger partial charge on any atom is 0.251 e. The lowest BCUT2D eigenvalue weighted by Crippen LogP contribution is -2.18. The number of amides is 1. The highest BCUT2D eigenvalue weighted by Gasteiger charge is 2.27. The van der Waals surface area contributed by atoms with Crippen LogP contribution < -0.4 is 24.8 Å².